The van der Waals surface area contributed by atoms with Gasteiger partial charge in [-0.3, -0.25) is 9.25 Å². The summed E-state index contributed by atoms with van der Waals surface area (Å²) < 4.78 is 8.71. The summed E-state index contributed by atoms with van der Waals surface area (Å²) in [5.41, 5.74) is 3.00. The predicted molar refractivity (Wildman–Crippen MR) is 88.4 cm³/mol. The maximum Gasteiger partial charge on any atom is 0.326 e. The van der Waals surface area contributed by atoms with Crippen molar-refractivity contribution >= 4 is 11.0 Å². The summed E-state index contributed by atoms with van der Waals surface area (Å²) in [6.07, 6.45) is 1.67. The second-order valence-corrected chi connectivity index (χ2v) is 5.89. The topological polar surface area (TPSA) is 94.5 Å². The number of benzene rings is 1. The smallest absolute Gasteiger partial charge is 0.326 e. The van der Waals surface area contributed by atoms with E-state index in [9.17, 15) is 4.79 Å². The van der Waals surface area contributed by atoms with E-state index in [1.165, 1.54) is 0 Å². The Morgan fingerprint density at radius 1 is 1.25 bits per heavy atom. The lowest BCUT2D eigenvalue weighted by molar-refractivity contribution is 0.428. The van der Waals surface area contributed by atoms with Gasteiger partial charge in [0.15, 0.2) is 0 Å². The molecule has 4 rings (SSSR count). The van der Waals surface area contributed by atoms with Crippen LogP contribution in [-0.2, 0) is 7.05 Å². The van der Waals surface area contributed by atoms with Crippen LogP contribution >= 0.6 is 0 Å². The maximum atomic E-state index is 12.1. The van der Waals surface area contributed by atoms with Crippen molar-refractivity contribution in [2.45, 2.75) is 19.9 Å². The molecule has 0 amide bonds. The third-order valence-corrected chi connectivity index (χ3v) is 3.96. The van der Waals surface area contributed by atoms with E-state index in [2.05, 4.69) is 20.2 Å². The van der Waals surface area contributed by atoms with Gasteiger partial charge in [0.05, 0.1) is 11.0 Å². The fraction of sp³-hybridized carbons (Fsp3) is 0.250. The van der Waals surface area contributed by atoms with Gasteiger partial charge < -0.3 is 9.51 Å². The van der Waals surface area contributed by atoms with Crippen molar-refractivity contribution in [3.05, 3.63) is 40.9 Å². The maximum absolute atomic E-state index is 12.1. The number of H-pyrrole nitrogens is 1. The average molecular weight is 324 g/mol. The lowest BCUT2D eigenvalue weighted by Gasteiger charge is -2.06. The second-order valence-electron chi connectivity index (χ2n) is 5.89. The Labute approximate surface area is 136 Å². The molecule has 0 radical (unpaired) electrons. The van der Waals surface area contributed by atoms with Crippen molar-refractivity contribution in [1.29, 1.82) is 0 Å². The molecule has 0 saturated heterocycles. The molecule has 3 heterocycles. The van der Waals surface area contributed by atoms with E-state index in [1.54, 1.807) is 21.5 Å². The predicted octanol–water partition coefficient (Wildman–Crippen LogP) is 2.36. The normalized spacial score (nSPS) is 11.7. The molecule has 8 nitrogen and oxygen atoms in total. The largest absolute Gasteiger partial charge is 0.332 e. The number of imidazole rings is 1. The molecule has 0 fully saturated rings. The summed E-state index contributed by atoms with van der Waals surface area (Å²) in [6.45, 7) is 3.95. The highest BCUT2D eigenvalue weighted by Crippen LogP contribution is 2.24. The van der Waals surface area contributed by atoms with Crippen LogP contribution in [0.3, 0.4) is 0 Å². The summed E-state index contributed by atoms with van der Waals surface area (Å²) in [4.78, 5) is 19.4. The van der Waals surface area contributed by atoms with E-state index >= 15 is 0 Å². The van der Waals surface area contributed by atoms with E-state index < -0.39 is 0 Å². The fourth-order valence-electron chi connectivity index (χ4n) is 2.81. The third-order valence-electron chi connectivity index (χ3n) is 3.96. The molecule has 0 unspecified atom stereocenters. The van der Waals surface area contributed by atoms with Crippen LogP contribution in [0.1, 0.15) is 19.9 Å². The first-order chi connectivity index (χ1) is 11.5. The van der Waals surface area contributed by atoms with Crippen LogP contribution in [0.25, 0.3) is 34.0 Å². The Balaban J connectivity index is 1.79. The number of fused-ring (bicyclic) bond motifs is 1. The van der Waals surface area contributed by atoms with Crippen molar-refractivity contribution in [2.75, 3.05) is 0 Å². The number of rotatable bonds is 3. The number of aromatic amines is 1. The lowest BCUT2D eigenvalue weighted by Crippen LogP contribution is -2.18. The molecule has 3 aromatic heterocycles. The SMILES string of the molecule is CC(C)n1c(=O)[nH]c2cc(-c3noc(-c4ccnn4C)n3)ccc21. The molecular weight excluding hydrogens is 308 g/mol. The number of hydrogen-bond acceptors (Lipinski definition) is 5. The van der Waals surface area contributed by atoms with Crippen LogP contribution in [0, 0.1) is 0 Å². The van der Waals surface area contributed by atoms with Gasteiger partial charge >= 0.3 is 5.69 Å². The van der Waals surface area contributed by atoms with Crippen LogP contribution in [-0.4, -0.2) is 29.5 Å². The van der Waals surface area contributed by atoms with Crippen LogP contribution in [0.2, 0.25) is 0 Å². The Hall–Kier alpha value is -3.16. The van der Waals surface area contributed by atoms with Crippen LogP contribution in [0.5, 0.6) is 0 Å². The first kappa shape index (κ1) is 14.4. The molecule has 0 saturated carbocycles. The molecule has 0 aliphatic heterocycles. The second kappa shape index (κ2) is 5.19. The molecule has 0 aliphatic rings. The van der Waals surface area contributed by atoms with Gasteiger partial charge in [-0.15, -0.1) is 0 Å². The minimum Gasteiger partial charge on any atom is -0.332 e. The highest BCUT2D eigenvalue weighted by atomic mass is 16.5. The highest BCUT2D eigenvalue weighted by molar-refractivity contribution is 5.80. The van der Waals surface area contributed by atoms with Crippen LogP contribution < -0.4 is 5.69 Å². The Morgan fingerprint density at radius 3 is 2.79 bits per heavy atom. The van der Waals surface area contributed by atoms with Gasteiger partial charge in [0.25, 0.3) is 5.89 Å². The summed E-state index contributed by atoms with van der Waals surface area (Å²) in [5.74, 6) is 0.865. The molecule has 122 valence electrons. The molecule has 0 bridgehead atoms. The number of hydrogen-bond donors (Lipinski definition) is 1. The van der Waals surface area contributed by atoms with Crippen molar-refractivity contribution in [1.82, 2.24) is 29.5 Å². The molecule has 0 aliphatic carbocycles. The molecule has 1 aromatic carbocycles. The number of nitrogens with one attached hydrogen (secondary N) is 1. The summed E-state index contributed by atoms with van der Waals surface area (Å²) in [7, 11) is 1.81. The van der Waals surface area contributed by atoms with E-state index in [1.807, 2.05) is 39.1 Å². The summed E-state index contributed by atoms with van der Waals surface area (Å²) in [6, 6.07) is 7.52. The highest BCUT2D eigenvalue weighted by Gasteiger charge is 2.15. The molecule has 4 aromatic rings. The lowest BCUT2D eigenvalue weighted by atomic mass is 10.2. The minimum atomic E-state index is -0.124. The zero-order chi connectivity index (χ0) is 16.8. The Kier molecular flexibility index (Phi) is 3.12. The molecular formula is C16H16N6O2. The monoisotopic (exact) mass is 324 g/mol. The van der Waals surface area contributed by atoms with Gasteiger partial charge in [0.2, 0.25) is 5.82 Å². The Bertz CT molecular complexity index is 1080. The van der Waals surface area contributed by atoms with Crippen molar-refractivity contribution in [3.63, 3.8) is 0 Å². The fourth-order valence-corrected chi connectivity index (χ4v) is 2.81. The van der Waals surface area contributed by atoms with E-state index in [4.69, 9.17) is 4.52 Å². The van der Waals surface area contributed by atoms with Gasteiger partial charge in [0, 0.05) is 24.8 Å². The van der Waals surface area contributed by atoms with Gasteiger partial charge in [-0.25, -0.2) is 4.79 Å². The first-order valence-corrected chi connectivity index (χ1v) is 7.61. The Morgan fingerprint density at radius 2 is 2.08 bits per heavy atom. The quantitative estimate of drug-likeness (QED) is 0.624. The third kappa shape index (κ3) is 2.15. The van der Waals surface area contributed by atoms with E-state index in [-0.39, 0.29) is 11.7 Å². The van der Waals surface area contributed by atoms with E-state index in [0.29, 0.717) is 11.7 Å². The van der Waals surface area contributed by atoms with Crippen molar-refractivity contribution in [2.24, 2.45) is 7.05 Å². The molecule has 0 atom stereocenters. The van der Waals surface area contributed by atoms with Gasteiger partial charge in [-0.05, 0) is 38.1 Å². The van der Waals surface area contributed by atoms with Gasteiger partial charge in [-0.1, -0.05) is 5.16 Å². The molecule has 24 heavy (non-hydrogen) atoms. The van der Waals surface area contributed by atoms with Crippen molar-refractivity contribution in [3.8, 4) is 23.0 Å². The number of aryl methyl sites for hydroxylation is 1. The standard InChI is InChI=1S/C16H16N6O2/c1-9(2)22-12-5-4-10(8-11(12)18-16(22)23)14-19-15(24-20-14)13-6-7-17-21(13)3/h4-9H,1-3H3,(H,18,23). The van der Waals surface area contributed by atoms with Gasteiger partial charge in [0.1, 0.15) is 5.69 Å². The minimum absolute atomic E-state index is 0.0821. The van der Waals surface area contributed by atoms with Crippen LogP contribution in [0.15, 0.2) is 39.8 Å². The molecule has 0 spiro atoms. The number of nitrogens with zero attached hydrogens (tertiary/aromatic N) is 5. The molecule has 1 N–H and O–H groups in total. The number of aromatic nitrogens is 6. The zero-order valence-corrected chi connectivity index (χ0v) is 13.5. The zero-order valence-electron chi connectivity index (χ0n) is 13.5. The van der Waals surface area contributed by atoms with Crippen molar-refractivity contribution < 1.29 is 4.52 Å². The summed E-state index contributed by atoms with van der Waals surface area (Å²) >= 11 is 0. The average Bonchev–Trinajstić information content (AvgIpc) is 3.22. The molecule has 8 heteroatoms. The summed E-state index contributed by atoms with van der Waals surface area (Å²) in [5, 5.41) is 8.12. The first-order valence-electron chi connectivity index (χ1n) is 7.61. The van der Waals surface area contributed by atoms with Crippen LogP contribution in [0.4, 0.5) is 0 Å². The van der Waals surface area contributed by atoms with Gasteiger partial charge in [-0.2, -0.15) is 10.1 Å². The van der Waals surface area contributed by atoms with E-state index in [0.717, 1.165) is 22.3 Å².